The molecule has 0 amide bonds. The Labute approximate surface area is 71.6 Å². The van der Waals surface area contributed by atoms with E-state index >= 15 is 0 Å². The fourth-order valence-electron chi connectivity index (χ4n) is 0.870. The van der Waals surface area contributed by atoms with Crippen LogP contribution in [-0.4, -0.2) is 15.2 Å². The largest absolute Gasteiger partial charge is 0.385 e. The molecule has 1 unspecified atom stereocenters. The minimum absolute atomic E-state index is 0.366. The third kappa shape index (κ3) is 2.30. The van der Waals surface area contributed by atoms with E-state index in [2.05, 4.69) is 24.0 Å². The molecule has 0 fully saturated rings. The molecule has 0 saturated carbocycles. The SMILES string of the molecule is CC(C)Cc1nc(C(C)O)no1. The molecule has 0 aromatic carbocycles. The van der Waals surface area contributed by atoms with Crippen LogP contribution in [-0.2, 0) is 6.42 Å². The summed E-state index contributed by atoms with van der Waals surface area (Å²) in [6.45, 7) is 5.77. The van der Waals surface area contributed by atoms with Crippen LogP contribution in [0, 0.1) is 5.92 Å². The van der Waals surface area contributed by atoms with Crippen molar-refractivity contribution in [1.29, 1.82) is 0 Å². The predicted octanol–water partition coefficient (Wildman–Crippen LogP) is 1.32. The molecule has 4 nitrogen and oxygen atoms in total. The van der Waals surface area contributed by atoms with E-state index in [0.29, 0.717) is 17.6 Å². The monoisotopic (exact) mass is 170 g/mol. The molecular weight excluding hydrogens is 156 g/mol. The van der Waals surface area contributed by atoms with Crippen LogP contribution in [0.4, 0.5) is 0 Å². The van der Waals surface area contributed by atoms with Crippen LogP contribution in [0.25, 0.3) is 0 Å². The lowest BCUT2D eigenvalue weighted by atomic mass is 10.1. The van der Waals surface area contributed by atoms with E-state index < -0.39 is 6.10 Å². The topological polar surface area (TPSA) is 59.2 Å². The van der Waals surface area contributed by atoms with Crippen LogP contribution in [0.5, 0.6) is 0 Å². The Hall–Kier alpha value is -0.900. The summed E-state index contributed by atoms with van der Waals surface area (Å²) in [7, 11) is 0. The number of nitrogens with zero attached hydrogens (tertiary/aromatic N) is 2. The van der Waals surface area contributed by atoms with Gasteiger partial charge in [0.2, 0.25) is 5.89 Å². The zero-order valence-corrected chi connectivity index (χ0v) is 7.61. The molecule has 1 rings (SSSR count). The van der Waals surface area contributed by atoms with Crippen LogP contribution >= 0.6 is 0 Å². The molecule has 1 atom stereocenters. The Kier molecular flexibility index (Phi) is 2.81. The highest BCUT2D eigenvalue weighted by Gasteiger charge is 2.11. The van der Waals surface area contributed by atoms with Crippen molar-refractivity contribution >= 4 is 0 Å². The van der Waals surface area contributed by atoms with E-state index in [1.165, 1.54) is 0 Å². The standard InChI is InChI=1S/C8H14N2O2/c1-5(2)4-7-9-8(6(3)11)10-12-7/h5-6,11H,4H2,1-3H3. The van der Waals surface area contributed by atoms with Gasteiger partial charge < -0.3 is 9.63 Å². The summed E-state index contributed by atoms with van der Waals surface area (Å²) in [5.41, 5.74) is 0. The fraction of sp³-hybridized carbons (Fsp3) is 0.750. The van der Waals surface area contributed by atoms with Gasteiger partial charge in [-0.05, 0) is 12.8 Å². The van der Waals surface area contributed by atoms with Crippen molar-refractivity contribution in [1.82, 2.24) is 10.1 Å². The molecule has 68 valence electrons. The quantitative estimate of drug-likeness (QED) is 0.743. The van der Waals surface area contributed by atoms with E-state index in [1.54, 1.807) is 6.92 Å². The Morgan fingerprint density at radius 2 is 2.08 bits per heavy atom. The highest BCUT2D eigenvalue weighted by atomic mass is 16.5. The van der Waals surface area contributed by atoms with Crippen LogP contribution in [0.1, 0.15) is 38.6 Å². The van der Waals surface area contributed by atoms with Crippen molar-refractivity contribution < 1.29 is 9.63 Å². The molecule has 0 spiro atoms. The van der Waals surface area contributed by atoms with Crippen LogP contribution < -0.4 is 0 Å². The van der Waals surface area contributed by atoms with E-state index in [9.17, 15) is 0 Å². The summed E-state index contributed by atoms with van der Waals surface area (Å²) in [6, 6.07) is 0. The van der Waals surface area contributed by atoms with Gasteiger partial charge in [0.05, 0.1) is 0 Å². The van der Waals surface area contributed by atoms with Gasteiger partial charge in [0.25, 0.3) is 0 Å². The molecule has 1 aromatic heterocycles. The highest BCUT2D eigenvalue weighted by Crippen LogP contribution is 2.10. The number of aliphatic hydroxyl groups is 1. The lowest BCUT2D eigenvalue weighted by molar-refractivity contribution is 0.184. The van der Waals surface area contributed by atoms with E-state index in [1.807, 2.05) is 0 Å². The molecule has 0 radical (unpaired) electrons. The van der Waals surface area contributed by atoms with Crippen molar-refractivity contribution in [3.05, 3.63) is 11.7 Å². The number of aliphatic hydroxyl groups excluding tert-OH is 1. The molecule has 1 aromatic rings. The summed E-state index contributed by atoms with van der Waals surface area (Å²) >= 11 is 0. The zero-order valence-electron chi connectivity index (χ0n) is 7.61. The fourth-order valence-corrected chi connectivity index (χ4v) is 0.870. The summed E-state index contributed by atoms with van der Waals surface area (Å²) in [5.74, 6) is 1.46. The first-order chi connectivity index (χ1) is 5.59. The van der Waals surface area contributed by atoms with Gasteiger partial charge in [0.1, 0.15) is 6.10 Å². The zero-order chi connectivity index (χ0) is 9.14. The van der Waals surface area contributed by atoms with Gasteiger partial charge in [0, 0.05) is 6.42 Å². The van der Waals surface area contributed by atoms with Gasteiger partial charge >= 0.3 is 0 Å². The average molecular weight is 170 g/mol. The molecule has 0 bridgehead atoms. The number of aromatic nitrogens is 2. The molecule has 0 saturated heterocycles. The molecular formula is C8H14N2O2. The summed E-state index contributed by atoms with van der Waals surface area (Å²) in [5, 5.41) is 12.7. The van der Waals surface area contributed by atoms with Crippen LogP contribution in [0.15, 0.2) is 4.52 Å². The third-order valence-electron chi connectivity index (χ3n) is 1.44. The second-order valence-electron chi connectivity index (χ2n) is 3.32. The minimum Gasteiger partial charge on any atom is -0.385 e. The molecule has 0 aliphatic rings. The highest BCUT2D eigenvalue weighted by molar-refractivity contribution is 4.89. The van der Waals surface area contributed by atoms with E-state index in [-0.39, 0.29) is 0 Å². The lowest BCUT2D eigenvalue weighted by Crippen LogP contribution is -1.96. The van der Waals surface area contributed by atoms with Gasteiger partial charge in [-0.15, -0.1) is 0 Å². The summed E-state index contributed by atoms with van der Waals surface area (Å²) in [4.78, 5) is 4.02. The maximum atomic E-state index is 9.09. The van der Waals surface area contributed by atoms with E-state index in [4.69, 9.17) is 9.63 Å². The Morgan fingerprint density at radius 1 is 1.42 bits per heavy atom. The maximum absolute atomic E-state index is 9.09. The van der Waals surface area contributed by atoms with Gasteiger partial charge in [-0.25, -0.2) is 0 Å². The Bertz CT molecular complexity index is 243. The second kappa shape index (κ2) is 3.67. The van der Waals surface area contributed by atoms with Gasteiger partial charge in [0.15, 0.2) is 5.82 Å². The smallest absolute Gasteiger partial charge is 0.226 e. The number of rotatable bonds is 3. The predicted molar refractivity (Wildman–Crippen MR) is 43.5 cm³/mol. The molecule has 12 heavy (non-hydrogen) atoms. The Balaban J connectivity index is 2.64. The minimum atomic E-state index is -0.644. The molecule has 4 heteroatoms. The van der Waals surface area contributed by atoms with Gasteiger partial charge in [-0.1, -0.05) is 19.0 Å². The molecule has 0 aliphatic carbocycles. The Morgan fingerprint density at radius 3 is 2.50 bits per heavy atom. The van der Waals surface area contributed by atoms with E-state index in [0.717, 1.165) is 6.42 Å². The molecule has 1 heterocycles. The molecule has 1 N–H and O–H groups in total. The van der Waals surface area contributed by atoms with Crippen molar-refractivity contribution in [3.63, 3.8) is 0 Å². The number of hydrogen-bond donors (Lipinski definition) is 1. The first kappa shape index (κ1) is 9.19. The second-order valence-corrected chi connectivity index (χ2v) is 3.32. The first-order valence-electron chi connectivity index (χ1n) is 4.10. The van der Waals surface area contributed by atoms with Crippen LogP contribution in [0.3, 0.4) is 0 Å². The van der Waals surface area contributed by atoms with Crippen molar-refractivity contribution in [2.75, 3.05) is 0 Å². The maximum Gasteiger partial charge on any atom is 0.226 e. The van der Waals surface area contributed by atoms with Crippen molar-refractivity contribution in [2.24, 2.45) is 5.92 Å². The third-order valence-corrected chi connectivity index (χ3v) is 1.44. The average Bonchev–Trinajstić information content (AvgIpc) is 2.34. The first-order valence-corrected chi connectivity index (χ1v) is 4.10. The summed E-state index contributed by atoms with van der Waals surface area (Å²) < 4.78 is 4.92. The van der Waals surface area contributed by atoms with Crippen molar-refractivity contribution in [2.45, 2.75) is 33.3 Å². The van der Waals surface area contributed by atoms with Gasteiger partial charge in [-0.3, -0.25) is 0 Å². The summed E-state index contributed by atoms with van der Waals surface area (Å²) in [6.07, 6.45) is 0.120. The molecule has 0 aliphatic heterocycles. The number of hydrogen-bond acceptors (Lipinski definition) is 4. The van der Waals surface area contributed by atoms with Crippen LogP contribution in [0.2, 0.25) is 0 Å². The van der Waals surface area contributed by atoms with Gasteiger partial charge in [-0.2, -0.15) is 4.98 Å². The lowest BCUT2D eigenvalue weighted by Gasteiger charge is -1.96. The normalized spacial score (nSPS) is 13.8. The van der Waals surface area contributed by atoms with Crippen molar-refractivity contribution in [3.8, 4) is 0 Å².